The Bertz CT molecular complexity index is 409. The Kier molecular flexibility index (Phi) is 6.24. The highest BCUT2D eigenvalue weighted by Gasteiger charge is 2.43. The monoisotopic (exact) mass is 327 g/mol. The lowest BCUT2D eigenvalue weighted by Gasteiger charge is -2.26. The molecule has 0 aliphatic carbocycles. The molecule has 0 N–H and O–H groups in total. The molecule has 22 heavy (non-hydrogen) atoms. The molecule has 0 aromatic carbocycles. The Morgan fingerprint density at radius 3 is 2.36 bits per heavy atom. The van der Waals surface area contributed by atoms with E-state index in [0.29, 0.717) is 0 Å². The topological polar surface area (TPSA) is 46.6 Å². The molecule has 0 radical (unpaired) electrons. The summed E-state index contributed by atoms with van der Waals surface area (Å²) >= 11 is 0. The fourth-order valence-corrected chi connectivity index (χ4v) is 4.20. The SMILES string of the molecule is CC[C@H]1C[C@@H](CCC[Si](C)(C)C)C(=O)N1C(=O)OC(C)(C)C. The number of carbonyl (C=O) groups is 2. The van der Waals surface area contributed by atoms with E-state index in [1.807, 2.05) is 27.7 Å². The van der Waals surface area contributed by atoms with Gasteiger partial charge in [-0.15, -0.1) is 0 Å². The Balaban J connectivity index is 2.67. The summed E-state index contributed by atoms with van der Waals surface area (Å²) in [7, 11) is -1.06. The third-order valence-electron chi connectivity index (χ3n) is 4.05. The maximum Gasteiger partial charge on any atom is 0.417 e. The van der Waals surface area contributed by atoms with Crippen LogP contribution in [0, 0.1) is 5.92 Å². The highest BCUT2D eigenvalue weighted by molar-refractivity contribution is 6.76. The van der Waals surface area contributed by atoms with Gasteiger partial charge in [0, 0.05) is 20.0 Å². The summed E-state index contributed by atoms with van der Waals surface area (Å²) in [5.41, 5.74) is -0.564. The van der Waals surface area contributed by atoms with Gasteiger partial charge in [0.1, 0.15) is 5.60 Å². The number of carbonyl (C=O) groups excluding carboxylic acids is 2. The molecule has 1 aliphatic rings. The summed E-state index contributed by atoms with van der Waals surface area (Å²) in [6.07, 6.45) is 3.11. The van der Waals surface area contributed by atoms with E-state index in [-0.39, 0.29) is 17.9 Å². The Hall–Kier alpha value is -0.843. The van der Waals surface area contributed by atoms with Gasteiger partial charge in [0.15, 0.2) is 0 Å². The van der Waals surface area contributed by atoms with Crippen LogP contribution in [0.1, 0.15) is 53.4 Å². The summed E-state index contributed by atoms with van der Waals surface area (Å²) in [6.45, 7) is 14.6. The quantitative estimate of drug-likeness (QED) is 0.690. The van der Waals surface area contributed by atoms with Crippen LogP contribution in [0.15, 0.2) is 0 Å². The Morgan fingerprint density at radius 2 is 1.91 bits per heavy atom. The number of ether oxygens (including phenoxy) is 1. The number of likely N-dealkylation sites (tertiary alicyclic amines) is 1. The normalized spacial score (nSPS) is 23.0. The van der Waals surface area contributed by atoms with Crippen LogP contribution in [-0.2, 0) is 9.53 Å². The number of nitrogens with zero attached hydrogens (tertiary/aromatic N) is 1. The van der Waals surface area contributed by atoms with E-state index in [2.05, 4.69) is 19.6 Å². The minimum atomic E-state index is -1.06. The van der Waals surface area contributed by atoms with E-state index in [1.165, 1.54) is 10.9 Å². The largest absolute Gasteiger partial charge is 0.443 e. The second kappa shape index (κ2) is 7.15. The molecule has 1 rings (SSSR count). The van der Waals surface area contributed by atoms with E-state index >= 15 is 0 Å². The van der Waals surface area contributed by atoms with Crippen LogP contribution in [0.2, 0.25) is 25.7 Å². The lowest BCUT2D eigenvalue weighted by molar-refractivity contribution is -0.131. The number of imide groups is 1. The molecule has 0 unspecified atom stereocenters. The number of amides is 2. The second-order valence-corrected chi connectivity index (χ2v) is 14.3. The van der Waals surface area contributed by atoms with E-state index in [0.717, 1.165) is 25.7 Å². The van der Waals surface area contributed by atoms with Crippen LogP contribution in [0.25, 0.3) is 0 Å². The molecule has 1 heterocycles. The molecule has 0 bridgehead atoms. The molecule has 1 fully saturated rings. The molecule has 2 amide bonds. The average molecular weight is 328 g/mol. The van der Waals surface area contributed by atoms with Crippen LogP contribution >= 0.6 is 0 Å². The molecule has 0 aromatic rings. The van der Waals surface area contributed by atoms with Crippen molar-refractivity contribution >= 4 is 20.1 Å². The zero-order valence-corrected chi connectivity index (χ0v) is 16.4. The minimum absolute atomic E-state index is 0.000711. The molecule has 1 saturated heterocycles. The van der Waals surface area contributed by atoms with Gasteiger partial charge >= 0.3 is 6.09 Å². The number of rotatable bonds is 5. The van der Waals surface area contributed by atoms with E-state index < -0.39 is 19.8 Å². The van der Waals surface area contributed by atoms with E-state index in [1.54, 1.807) is 0 Å². The van der Waals surface area contributed by atoms with Gasteiger partial charge in [0.05, 0.1) is 0 Å². The Morgan fingerprint density at radius 1 is 1.32 bits per heavy atom. The molecular formula is C17H33NO3Si. The van der Waals surface area contributed by atoms with Gasteiger partial charge in [0.25, 0.3) is 0 Å². The molecule has 5 heteroatoms. The first-order valence-electron chi connectivity index (χ1n) is 8.50. The van der Waals surface area contributed by atoms with Gasteiger partial charge < -0.3 is 4.74 Å². The van der Waals surface area contributed by atoms with Crippen LogP contribution < -0.4 is 0 Å². The molecule has 0 saturated carbocycles. The van der Waals surface area contributed by atoms with Crippen LogP contribution in [0.5, 0.6) is 0 Å². The van der Waals surface area contributed by atoms with Gasteiger partial charge in [-0.05, 0) is 40.0 Å². The lowest BCUT2D eigenvalue weighted by atomic mass is 9.99. The summed E-state index contributed by atoms with van der Waals surface area (Å²) in [5, 5.41) is 0. The summed E-state index contributed by atoms with van der Waals surface area (Å²) < 4.78 is 5.40. The molecule has 0 spiro atoms. The molecular weight excluding hydrogens is 294 g/mol. The van der Waals surface area contributed by atoms with Crippen LogP contribution in [0.4, 0.5) is 4.79 Å². The maximum atomic E-state index is 12.6. The van der Waals surface area contributed by atoms with Gasteiger partial charge in [-0.25, -0.2) is 9.69 Å². The average Bonchev–Trinajstić information content (AvgIpc) is 2.62. The first-order valence-corrected chi connectivity index (χ1v) is 12.2. The number of hydrogen-bond acceptors (Lipinski definition) is 3. The van der Waals surface area contributed by atoms with E-state index in [9.17, 15) is 9.59 Å². The summed E-state index contributed by atoms with van der Waals surface area (Å²) in [5.74, 6) is -0.0366. The zero-order valence-electron chi connectivity index (χ0n) is 15.4. The van der Waals surface area contributed by atoms with Crippen molar-refractivity contribution in [3.8, 4) is 0 Å². The van der Waals surface area contributed by atoms with Crippen molar-refractivity contribution in [3.05, 3.63) is 0 Å². The van der Waals surface area contributed by atoms with Gasteiger partial charge in [-0.3, -0.25) is 4.79 Å². The van der Waals surface area contributed by atoms with Crippen molar-refractivity contribution in [1.29, 1.82) is 0 Å². The van der Waals surface area contributed by atoms with Crippen molar-refractivity contribution in [1.82, 2.24) is 4.90 Å². The third kappa shape index (κ3) is 5.74. The van der Waals surface area contributed by atoms with Crippen molar-refractivity contribution in [3.63, 3.8) is 0 Å². The second-order valence-electron chi connectivity index (χ2n) is 8.64. The standard InChI is InChI=1S/C17H33NO3Si/c1-8-14-12-13(10-9-11-22(5,6)7)15(19)18(14)16(20)21-17(2,3)4/h13-14H,8-12H2,1-7H3/t13-,14+/m1/s1. The minimum Gasteiger partial charge on any atom is -0.443 e. The first-order chi connectivity index (χ1) is 9.94. The molecule has 1 aliphatic heterocycles. The fourth-order valence-electron chi connectivity index (χ4n) is 2.93. The van der Waals surface area contributed by atoms with Crippen molar-refractivity contribution in [2.24, 2.45) is 5.92 Å². The van der Waals surface area contributed by atoms with Gasteiger partial charge in [-0.2, -0.15) is 0 Å². The Labute approximate surface area is 136 Å². The predicted octanol–water partition coefficient (Wildman–Crippen LogP) is 4.67. The third-order valence-corrected chi connectivity index (χ3v) is 5.90. The highest BCUT2D eigenvalue weighted by Crippen LogP contribution is 2.32. The number of hydrogen-bond donors (Lipinski definition) is 0. The van der Waals surface area contributed by atoms with Crippen molar-refractivity contribution in [2.75, 3.05) is 0 Å². The van der Waals surface area contributed by atoms with Crippen LogP contribution in [-0.4, -0.2) is 36.6 Å². The predicted molar refractivity (Wildman–Crippen MR) is 92.7 cm³/mol. The highest BCUT2D eigenvalue weighted by atomic mass is 28.3. The summed E-state index contributed by atoms with van der Waals surface area (Å²) in [4.78, 5) is 26.3. The smallest absolute Gasteiger partial charge is 0.417 e. The molecule has 128 valence electrons. The maximum absolute atomic E-state index is 12.6. The summed E-state index contributed by atoms with van der Waals surface area (Å²) in [6, 6.07) is 1.24. The molecule has 2 atom stereocenters. The fraction of sp³-hybridized carbons (Fsp3) is 0.882. The van der Waals surface area contributed by atoms with Gasteiger partial charge in [-0.1, -0.05) is 39.0 Å². The first kappa shape index (κ1) is 19.2. The zero-order chi connectivity index (χ0) is 17.1. The van der Waals surface area contributed by atoms with Crippen LogP contribution in [0.3, 0.4) is 0 Å². The van der Waals surface area contributed by atoms with Gasteiger partial charge in [0.2, 0.25) is 5.91 Å². The molecule has 0 aromatic heterocycles. The van der Waals surface area contributed by atoms with Crippen molar-refractivity contribution in [2.45, 2.75) is 90.7 Å². The molecule has 4 nitrogen and oxygen atoms in total. The van der Waals surface area contributed by atoms with Crippen molar-refractivity contribution < 1.29 is 14.3 Å². The lowest BCUT2D eigenvalue weighted by Crippen LogP contribution is -2.42. The van der Waals surface area contributed by atoms with E-state index in [4.69, 9.17) is 4.74 Å².